The van der Waals surface area contributed by atoms with Gasteiger partial charge in [-0.1, -0.05) is 20.8 Å². The summed E-state index contributed by atoms with van der Waals surface area (Å²) in [7, 11) is 0. The molecule has 4 nitrogen and oxygen atoms in total. The predicted molar refractivity (Wildman–Crippen MR) is 82.2 cm³/mol. The van der Waals surface area contributed by atoms with Crippen molar-refractivity contribution >= 4 is 0 Å². The van der Waals surface area contributed by atoms with E-state index in [4.69, 9.17) is 5.26 Å². The van der Waals surface area contributed by atoms with E-state index in [9.17, 15) is 0 Å². The highest BCUT2D eigenvalue weighted by molar-refractivity contribution is 4.92. The Morgan fingerprint density at radius 1 is 1.00 bits per heavy atom. The molecule has 0 rings (SSSR count). The number of nitrogens with one attached hydrogen (secondary N) is 1. The van der Waals surface area contributed by atoms with Crippen molar-refractivity contribution in [3.8, 4) is 6.07 Å². The Kier molecular flexibility index (Phi) is 10.8. The monoisotopic (exact) mass is 268 g/mol. The molecule has 0 aliphatic heterocycles. The molecule has 0 aliphatic rings. The zero-order valence-corrected chi connectivity index (χ0v) is 13.4. The zero-order valence-electron chi connectivity index (χ0n) is 13.4. The van der Waals surface area contributed by atoms with E-state index in [1.807, 2.05) is 0 Å². The average Bonchev–Trinajstić information content (AvgIpc) is 2.40. The molecular formula is C15H32N4. The first kappa shape index (κ1) is 18.4. The van der Waals surface area contributed by atoms with Crippen molar-refractivity contribution in [1.29, 1.82) is 5.26 Å². The SMILES string of the molecule is CCN(CC)CCCN(CC)CC(C#N)NC(C)C. The van der Waals surface area contributed by atoms with Gasteiger partial charge in [0.2, 0.25) is 0 Å². The fraction of sp³-hybridized carbons (Fsp3) is 0.933. The van der Waals surface area contributed by atoms with Crippen molar-refractivity contribution < 1.29 is 0 Å². The van der Waals surface area contributed by atoms with Gasteiger partial charge in [0, 0.05) is 12.6 Å². The molecule has 0 saturated heterocycles. The molecule has 4 heteroatoms. The molecule has 1 N–H and O–H groups in total. The van der Waals surface area contributed by atoms with Gasteiger partial charge in [0.25, 0.3) is 0 Å². The molecule has 19 heavy (non-hydrogen) atoms. The Balaban J connectivity index is 4.03. The Hall–Kier alpha value is -0.630. The van der Waals surface area contributed by atoms with E-state index < -0.39 is 0 Å². The summed E-state index contributed by atoms with van der Waals surface area (Å²) < 4.78 is 0. The number of nitriles is 1. The van der Waals surface area contributed by atoms with Crippen LogP contribution in [-0.2, 0) is 0 Å². The summed E-state index contributed by atoms with van der Waals surface area (Å²) in [5, 5.41) is 12.5. The minimum Gasteiger partial charge on any atom is -0.304 e. The first-order valence-electron chi connectivity index (χ1n) is 7.67. The van der Waals surface area contributed by atoms with Crippen molar-refractivity contribution in [3.63, 3.8) is 0 Å². The second-order valence-electron chi connectivity index (χ2n) is 5.28. The number of hydrogen-bond donors (Lipinski definition) is 1. The third kappa shape index (κ3) is 8.99. The molecule has 1 atom stereocenters. The maximum absolute atomic E-state index is 9.16. The van der Waals surface area contributed by atoms with Crippen LogP contribution >= 0.6 is 0 Å². The molecule has 0 radical (unpaired) electrons. The van der Waals surface area contributed by atoms with E-state index in [0.717, 1.165) is 39.3 Å². The first-order valence-corrected chi connectivity index (χ1v) is 7.67. The molecule has 0 spiro atoms. The highest BCUT2D eigenvalue weighted by Gasteiger charge is 2.13. The second-order valence-corrected chi connectivity index (χ2v) is 5.28. The van der Waals surface area contributed by atoms with E-state index >= 15 is 0 Å². The smallest absolute Gasteiger partial charge is 0.108 e. The summed E-state index contributed by atoms with van der Waals surface area (Å²) in [6, 6.07) is 2.66. The van der Waals surface area contributed by atoms with Gasteiger partial charge in [0.05, 0.1) is 6.07 Å². The maximum atomic E-state index is 9.16. The topological polar surface area (TPSA) is 42.3 Å². The van der Waals surface area contributed by atoms with Gasteiger partial charge in [0.15, 0.2) is 0 Å². The largest absolute Gasteiger partial charge is 0.304 e. The maximum Gasteiger partial charge on any atom is 0.108 e. The molecule has 0 heterocycles. The van der Waals surface area contributed by atoms with Crippen LogP contribution in [0.25, 0.3) is 0 Å². The van der Waals surface area contributed by atoms with Gasteiger partial charge in [-0.2, -0.15) is 5.26 Å². The number of nitrogens with zero attached hydrogens (tertiary/aromatic N) is 3. The van der Waals surface area contributed by atoms with Crippen molar-refractivity contribution in [2.75, 3.05) is 39.3 Å². The van der Waals surface area contributed by atoms with Crippen LogP contribution < -0.4 is 5.32 Å². The van der Waals surface area contributed by atoms with E-state index in [0.29, 0.717) is 6.04 Å². The third-order valence-electron chi connectivity index (χ3n) is 3.42. The average molecular weight is 268 g/mol. The predicted octanol–water partition coefficient (Wildman–Crippen LogP) is 1.93. The highest BCUT2D eigenvalue weighted by Crippen LogP contribution is 1.98. The van der Waals surface area contributed by atoms with E-state index in [2.05, 4.69) is 55.8 Å². The van der Waals surface area contributed by atoms with E-state index in [1.54, 1.807) is 0 Å². The van der Waals surface area contributed by atoms with Crippen LogP contribution in [-0.4, -0.2) is 61.2 Å². The van der Waals surface area contributed by atoms with E-state index in [1.165, 1.54) is 6.42 Å². The zero-order chi connectivity index (χ0) is 14.7. The van der Waals surface area contributed by atoms with Crippen LogP contribution in [0.15, 0.2) is 0 Å². The van der Waals surface area contributed by atoms with Gasteiger partial charge in [0.1, 0.15) is 6.04 Å². The fourth-order valence-electron chi connectivity index (χ4n) is 2.23. The van der Waals surface area contributed by atoms with Gasteiger partial charge >= 0.3 is 0 Å². The van der Waals surface area contributed by atoms with Gasteiger partial charge in [-0.3, -0.25) is 5.32 Å². The molecule has 0 saturated carbocycles. The fourth-order valence-corrected chi connectivity index (χ4v) is 2.23. The summed E-state index contributed by atoms with van der Waals surface area (Å²) in [5.74, 6) is 0. The van der Waals surface area contributed by atoms with Gasteiger partial charge in [-0.15, -0.1) is 0 Å². The Bertz CT molecular complexity index is 243. The number of likely N-dealkylation sites (N-methyl/N-ethyl adjacent to an activating group) is 1. The quantitative estimate of drug-likeness (QED) is 0.622. The lowest BCUT2D eigenvalue weighted by atomic mass is 10.2. The molecule has 0 bridgehead atoms. The van der Waals surface area contributed by atoms with Gasteiger partial charge in [-0.25, -0.2) is 0 Å². The molecular weight excluding hydrogens is 236 g/mol. The van der Waals surface area contributed by atoms with Crippen LogP contribution in [0.4, 0.5) is 0 Å². The number of hydrogen-bond acceptors (Lipinski definition) is 4. The molecule has 112 valence electrons. The molecule has 0 aromatic rings. The first-order chi connectivity index (χ1) is 9.07. The Labute approximate surface area is 119 Å². The van der Waals surface area contributed by atoms with Crippen LogP contribution in [0.3, 0.4) is 0 Å². The van der Waals surface area contributed by atoms with E-state index in [-0.39, 0.29) is 6.04 Å². The van der Waals surface area contributed by atoms with Crippen LogP contribution in [0.5, 0.6) is 0 Å². The molecule has 0 aliphatic carbocycles. The standard InChI is InChI=1S/C15H32N4/c1-6-18(7-2)10-9-11-19(8-3)13-15(12-16)17-14(4)5/h14-15,17H,6-11,13H2,1-5H3. The van der Waals surface area contributed by atoms with Gasteiger partial charge in [-0.05, 0) is 53.0 Å². The Morgan fingerprint density at radius 3 is 1.95 bits per heavy atom. The second kappa shape index (κ2) is 11.2. The van der Waals surface area contributed by atoms with Crippen LogP contribution in [0.2, 0.25) is 0 Å². The third-order valence-corrected chi connectivity index (χ3v) is 3.42. The van der Waals surface area contributed by atoms with Crippen molar-refractivity contribution in [3.05, 3.63) is 0 Å². The van der Waals surface area contributed by atoms with Crippen molar-refractivity contribution in [2.24, 2.45) is 0 Å². The summed E-state index contributed by atoms with van der Waals surface area (Å²) in [6.45, 7) is 17.1. The lowest BCUT2D eigenvalue weighted by Crippen LogP contribution is -2.43. The molecule has 0 aromatic carbocycles. The van der Waals surface area contributed by atoms with Crippen molar-refractivity contribution in [1.82, 2.24) is 15.1 Å². The van der Waals surface area contributed by atoms with Crippen LogP contribution in [0, 0.1) is 11.3 Å². The number of rotatable bonds is 11. The summed E-state index contributed by atoms with van der Waals surface area (Å²) in [4.78, 5) is 4.81. The lowest BCUT2D eigenvalue weighted by Gasteiger charge is -2.26. The lowest BCUT2D eigenvalue weighted by molar-refractivity contribution is 0.232. The molecule has 0 amide bonds. The van der Waals surface area contributed by atoms with Gasteiger partial charge < -0.3 is 9.80 Å². The molecule has 0 fully saturated rings. The molecule has 1 unspecified atom stereocenters. The Morgan fingerprint density at radius 2 is 1.53 bits per heavy atom. The van der Waals surface area contributed by atoms with Crippen molar-refractivity contribution in [2.45, 2.75) is 53.1 Å². The minimum atomic E-state index is -0.0617. The molecule has 0 aromatic heterocycles. The minimum absolute atomic E-state index is 0.0617. The summed E-state index contributed by atoms with van der Waals surface area (Å²) >= 11 is 0. The highest BCUT2D eigenvalue weighted by atomic mass is 15.2. The normalized spacial score (nSPS) is 13.2. The summed E-state index contributed by atoms with van der Waals surface area (Å²) in [5.41, 5.74) is 0. The van der Waals surface area contributed by atoms with Crippen LogP contribution in [0.1, 0.15) is 41.0 Å². The summed E-state index contributed by atoms with van der Waals surface area (Å²) in [6.07, 6.45) is 1.18.